The van der Waals surface area contributed by atoms with Crippen LogP contribution < -0.4 is 0 Å². The summed E-state index contributed by atoms with van der Waals surface area (Å²) in [5.74, 6) is -1.75. The van der Waals surface area contributed by atoms with E-state index in [1.54, 1.807) is 30.3 Å². The third-order valence-corrected chi connectivity index (χ3v) is 6.46. The number of hydrogen-bond acceptors (Lipinski definition) is 10. The van der Waals surface area contributed by atoms with E-state index >= 15 is 0 Å². The van der Waals surface area contributed by atoms with Gasteiger partial charge in [0.1, 0.15) is 23.5 Å². The number of benzene rings is 1. The molecule has 5 atom stereocenters. The van der Waals surface area contributed by atoms with Crippen LogP contribution in [-0.4, -0.2) is 61.3 Å². The molecule has 35 heavy (non-hydrogen) atoms. The van der Waals surface area contributed by atoms with E-state index in [-0.39, 0.29) is 5.15 Å². The lowest BCUT2D eigenvalue weighted by molar-refractivity contribution is -0.221. The van der Waals surface area contributed by atoms with Gasteiger partial charge in [0.05, 0.1) is 11.9 Å². The summed E-state index contributed by atoms with van der Waals surface area (Å²) in [6.07, 6.45) is -0.297. The van der Waals surface area contributed by atoms with Crippen molar-refractivity contribution >= 4 is 40.7 Å². The topological polar surface area (TPSA) is 132 Å². The van der Waals surface area contributed by atoms with Crippen LogP contribution in [0.15, 0.2) is 43.0 Å². The Kier molecular flexibility index (Phi) is 5.89. The van der Waals surface area contributed by atoms with Crippen LogP contribution in [0.1, 0.15) is 43.3 Å². The Bertz CT molecular complexity index is 1300. The Morgan fingerprint density at radius 2 is 1.80 bits per heavy atom. The molecule has 1 aliphatic heterocycles. The maximum atomic E-state index is 12.8. The molecule has 0 N–H and O–H groups in total. The maximum Gasteiger partial charge on any atom is 0.338 e. The van der Waals surface area contributed by atoms with E-state index in [1.807, 2.05) is 0 Å². The molecule has 2 unspecified atom stereocenters. The van der Waals surface area contributed by atoms with Crippen LogP contribution in [-0.2, 0) is 28.5 Å². The molecule has 2 aromatic heterocycles. The number of carbonyl (C=O) groups excluding carboxylic acids is 3. The van der Waals surface area contributed by atoms with Crippen LogP contribution in [0.25, 0.3) is 11.2 Å². The molecule has 1 saturated carbocycles. The first-order valence-corrected chi connectivity index (χ1v) is 11.3. The molecule has 0 amide bonds. The average molecular weight is 501 g/mol. The number of aromatic nitrogens is 4. The van der Waals surface area contributed by atoms with Crippen LogP contribution in [0.4, 0.5) is 0 Å². The Hall–Kier alpha value is -3.57. The highest BCUT2D eigenvalue weighted by Gasteiger charge is 2.68. The molecule has 1 aromatic carbocycles. The van der Waals surface area contributed by atoms with Gasteiger partial charge in [-0.15, -0.1) is 0 Å². The molecular formula is C23H21ClN4O7. The van der Waals surface area contributed by atoms with Crippen LogP contribution >= 0.6 is 11.6 Å². The quantitative estimate of drug-likeness (QED) is 0.292. The molecule has 0 bridgehead atoms. The van der Waals surface area contributed by atoms with Gasteiger partial charge < -0.3 is 18.9 Å². The summed E-state index contributed by atoms with van der Waals surface area (Å²) >= 11 is 6.15. The Labute approximate surface area is 204 Å². The molecule has 2 fully saturated rings. The molecule has 3 heterocycles. The molecule has 1 aliphatic carbocycles. The van der Waals surface area contributed by atoms with E-state index in [4.69, 9.17) is 30.5 Å². The minimum Gasteiger partial charge on any atom is -0.456 e. The first-order chi connectivity index (χ1) is 16.8. The zero-order valence-electron chi connectivity index (χ0n) is 18.8. The summed E-state index contributed by atoms with van der Waals surface area (Å²) in [4.78, 5) is 49.3. The standard InChI is InChI=1S/C23H21ClN4O7/c1-12(29)32-17-18(33-13(2)30)23(9-8-15(23)34-22(31)14-6-4-3-5-7-14)35-21(17)28-11-27-16-19(24)25-10-26-20(16)28/h3-7,10-11,15,17-18,21H,8-9H2,1-2H3/t15-,17?,18+,21?,23+/m0/s1. The van der Waals surface area contributed by atoms with Crippen molar-refractivity contribution in [3.8, 4) is 0 Å². The largest absolute Gasteiger partial charge is 0.456 e. The van der Waals surface area contributed by atoms with Crippen molar-refractivity contribution < 1.29 is 33.3 Å². The monoisotopic (exact) mass is 500 g/mol. The molecule has 182 valence electrons. The number of nitrogens with zero attached hydrogens (tertiary/aromatic N) is 4. The fraction of sp³-hybridized carbons (Fsp3) is 0.391. The first kappa shape index (κ1) is 23.2. The van der Waals surface area contributed by atoms with Crippen LogP contribution in [0.3, 0.4) is 0 Å². The summed E-state index contributed by atoms with van der Waals surface area (Å²) in [6, 6.07) is 8.52. The lowest BCUT2D eigenvalue weighted by Gasteiger charge is -2.47. The molecule has 2 aliphatic rings. The second-order valence-corrected chi connectivity index (χ2v) is 8.71. The lowest BCUT2D eigenvalue weighted by Crippen LogP contribution is -2.62. The van der Waals surface area contributed by atoms with Crippen molar-refractivity contribution in [2.75, 3.05) is 0 Å². The summed E-state index contributed by atoms with van der Waals surface area (Å²) in [7, 11) is 0. The van der Waals surface area contributed by atoms with E-state index in [9.17, 15) is 14.4 Å². The predicted molar refractivity (Wildman–Crippen MR) is 119 cm³/mol. The highest BCUT2D eigenvalue weighted by atomic mass is 35.5. The SMILES string of the molecule is CC(=O)OC1C(n2cnc3c(Cl)ncnc32)O[C@@]2(CC[C@@H]2OC(=O)c2ccccc2)[C@@H]1OC(C)=O. The first-order valence-electron chi connectivity index (χ1n) is 10.9. The van der Waals surface area contributed by atoms with E-state index < -0.39 is 48.0 Å². The van der Waals surface area contributed by atoms with Crippen molar-refractivity contribution in [3.63, 3.8) is 0 Å². The van der Waals surface area contributed by atoms with Gasteiger partial charge in [-0.3, -0.25) is 14.2 Å². The Balaban J connectivity index is 1.54. The molecule has 1 spiro atoms. The highest BCUT2D eigenvalue weighted by Crippen LogP contribution is 2.53. The van der Waals surface area contributed by atoms with E-state index in [0.29, 0.717) is 29.6 Å². The molecule has 0 radical (unpaired) electrons. The van der Waals surface area contributed by atoms with Crippen LogP contribution in [0.2, 0.25) is 5.15 Å². The Morgan fingerprint density at radius 3 is 2.46 bits per heavy atom. The van der Waals surface area contributed by atoms with Crippen molar-refractivity contribution in [3.05, 3.63) is 53.7 Å². The second-order valence-electron chi connectivity index (χ2n) is 8.35. The zero-order valence-corrected chi connectivity index (χ0v) is 19.5. The third kappa shape index (κ3) is 4.00. The zero-order chi connectivity index (χ0) is 24.7. The van der Waals surface area contributed by atoms with E-state index in [1.165, 1.54) is 31.1 Å². The second kappa shape index (κ2) is 8.90. The number of esters is 3. The predicted octanol–water partition coefficient (Wildman–Crippen LogP) is 2.63. The number of halogens is 1. The number of ether oxygens (including phenoxy) is 4. The van der Waals surface area contributed by atoms with Gasteiger partial charge in [0.15, 0.2) is 29.2 Å². The smallest absolute Gasteiger partial charge is 0.338 e. The van der Waals surface area contributed by atoms with Gasteiger partial charge in [0.25, 0.3) is 0 Å². The van der Waals surface area contributed by atoms with Crippen molar-refractivity contribution in [1.29, 1.82) is 0 Å². The fourth-order valence-electron chi connectivity index (χ4n) is 4.61. The maximum absolute atomic E-state index is 12.8. The van der Waals surface area contributed by atoms with Crippen LogP contribution in [0.5, 0.6) is 0 Å². The van der Waals surface area contributed by atoms with Crippen molar-refractivity contribution in [2.24, 2.45) is 0 Å². The van der Waals surface area contributed by atoms with Crippen molar-refractivity contribution in [1.82, 2.24) is 19.5 Å². The number of rotatable bonds is 5. The van der Waals surface area contributed by atoms with E-state index in [2.05, 4.69) is 15.0 Å². The number of fused-ring (bicyclic) bond motifs is 1. The summed E-state index contributed by atoms with van der Waals surface area (Å²) < 4.78 is 25.0. The lowest BCUT2D eigenvalue weighted by atomic mass is 9.72. The molecular weight excluding hydrogens is 480 g/mol. The van der Waals surface area contributed by atoms with Crippen molar-refractivity contribution in [2.45, 2.75) is 56.8 Å². The van der Waals surface area contributed by atoms with Gasteiger partial charge in [0.2, 0.25) is 0 Å². The van der Waals surface area contributed by atoms with Gasteiger partial charge in [-0.05, 0) is 25.0 Å². The number of imidazole rings is 1. The summed E-state index contributed by atoms with van der Waals surface area (Å²) in [6.45, 7) is 2.49. The average Bonchev–Trinajstić information content (AvgIpc) is 3.38. The molecule has 3 aromatic rings. The van der Waals surface area contributed by atoms with Gasteiger partial charge >= 0.3 is 17.9 Å². The van der Waals surface area contributed by atoms with Gasteiger partial charge in [-0.1, -0.05) is 29.8 Å². The normalized spacial score (nSPS) is 27.4. The Morgan fingerprint density at radius 1 is 1.06 bits per heavy atom. The minimum atomic E-state index is -1.24. The number of carbonyl (C=O) groups is 3. The molecule has 11 nitrogen and oxygen atoms in total. The number of hydrogen-bond donors (Lipinski definition) is 0. The molecule has 1 saturated heterocycles. The summed E-state index contributed by atoms with van der Waals surface area (Å²) in [5.41, 5.74) is -0.210. The van der Waals surface area contributed by atoms with Gasteiger partial charge in [0, 0.05) is 13.8 Å². The van der Waals surface area contributed by atoms with Gasteiger partial charge in [-0.25, -0.2) is 19.7 Å². The molecule has 12 heteroatoms. The third-order valence-electron chi connectivity index (χ3n) is 6.19. The highest BCUT2D eigenvalue weighted by molar-refractivity contribution is 6.33. The summed E-state index contributed by atoms with van der Waals surface area (Å²) in [5, 5.41) is 0.139. The van der Waals surface area contributed by atoms with Gasteiger partial charge in [-0.2, -0.15) is 0 Å². The fourth-order valence-corrected chi connectivity index (χ4v) is 4.78. The minimum absolute atomic E-state index is 0.139. The van der Waals surface area contributed by atoms with E-state index in [0.717, 1.165) is 0 Å². The van der Waals surface area contributed by atoms with Crippen LogP contribution in [0, 0.1) is 0 Å². The molecule has 5 rings (SSSR count).